The van der Waals surface area contributed by atoms with Gasteiger partial charge in [-0.25, -0.2) is 9.97 Å². The van der Waals surface area contributed by atoms with Gasteiger partial charge in [0.25, 0.3) is 0 Å². The second-order valence-electron chi connectivity index (χ2n) is 2.84. The number of aromatic nitrogens is 2. The number of rotatable bonds is 1. The molecule has 2 N–H and O–H groups in total. The zero-order valence-electron chi connectivity index (χ0n) is 7.49. The van der Waals surface area contributed by atoms with Gasteiger partial charge in [-0.3, -0.25) is 0 Å². The highest BCUT2D eigenvalue weighted by Gasteiger charge is 2.05. The van der Waals surface area contributed by atoms with Gasteiger partial charge >= 0.3 is 0 Å². The highest BCUT2D eigenvalue weighted by molar-refractivity contribution is 14.1. The standard InChI is InChI=1S/C9H8IN3S/c1-5-2-3-7(14-5)9-12-4-6(10)8(11)13-9/h2-4H,1H3,(H2,11,12,13). The van der Waals surface area contributed by atoms with Gasteiger partial charge < -0.3 is 5.73 Å². The average molecular weight is 317 g/mol. The van der Waals surface area contributed by atoms with Crippen LogP contribution in [0.25, 0.3) is 10.7 Å². The molecule has 2 heterocycles. The summed E-state index contributed by atoms with van der Waals surface area (Å²) >= 11 is 3.79. The zero-order valence-corrected chi connectivity index (χ0v) is 10.5. The molecule has 0 radical (unpaired) electrons. The molecule has 0 amide bonds. The molecule has 72 valence electrons. The summed E-state index contributed by atoms with van der Waals surface area (Å²) in [6.45, 7) is 2.06. The van der Waals surface area contributed by atoms with Crippen molar-refractivity contribution in [2.75, 3.05) is 5.73 Å². The summed E-state index contributed by atoms with van der Waals surface area (Å²) in [4.78, 5) is 10.8. The molecule has 2 aromatic heterocycles. The Kier molecular flexibility index (Phi) is 2.69. The van der Waals surface area contributed by atoms with E-state index in [0.29, 0.717) is 11.6 Å². The van der Waals surface area contributed by atoms with E-state index in [0.717, 1.165) is 8.45 Å². The van der Waals surface area contributed by atoms with Crippen LogP contribution in [0.4, 0.5) is 5.82 Å². The molecule has 14 heavy (non-hydrogen) atoms. The topological polar surface area (TPSA) is 51.8 Å². The van der Waals surface area contributed by atoms with Crippen LogP contribution in [0.3, 0.4) is 0 Å². The molecule has 0 aliphatic rings. The van der Waals surface area contributed by atoms with E-state index in [1.807, 2.05) is 6.07 Å². The van der Waals surface area contributed by atoms with Crippen LogP contribution >= 0.6 is 33.9 Å². The van der Waals surface area contributed by atoms with Gasteiger partial charge in [-0.05, 0) is 41.6 Å². The molecule has 0 bridgehead atoms. The van der Waals surface area contributed by atoms with Gasteiger partial charge in [0.1, 0.15) is 5.82 Å². The normalized spacial score (nSPS) is 10.4. The molecule has 0 unspecified atom stereocenters. The van der Waals surface area contributed by atoms with E-state index in [4.69, 9.17) is 5.73 Å². The fourth-order valence-electron chi connectivity index (χ4n) is 1.05. The van der Waals surface area contributed by atoms with Crippen LogP contribution in [-0.4, -0.2) is 9.97 Å². The van der Waals surface area contributed by atoms with E-state index < -0.39 is 0 Å². The monoisotopic (exact) mass is 317 g/mol. The van der Waals surface area contributed by atoms with E-state index in [1.54, 1.807) is 17.5 Å². The van der Waals surface area contributed by atoms with E-state index in [2.05, 4.69) is 45.5 Å². The number of nitrogen functional groups attached to an aromatic ring is 1. The van der Waals surface area contributed by atoms with Crippen molar-refractivity contribution in [3.05, 3.63) is 26.8 Å². The van der Waals surface area contributed by atoms with Crippen molar-refractivity contribution < 1.29 is 0 Å². The van der Waals surface area contributed by atoms with Gasteiger partial charge in [0.15, 0.2) is 5.82 Å². The van der Waals surface area contributed by atoms with Crippen molar-refractivity contribution in [3.63, 3.8) is 0 Å². The van der Waals surface area contributed by atoms with Crippen molar-refractivity contribution in [3.8, 4) is 10.7 Å². The molecule has 0 saturated heterocycles. The number of halogens is 1. The second-order valence-corrected chi connectivity index (χ2v) is 5.29. The Balaban J connectivity index is 2.47. The lowest BCUT2D eigenvalue weighted by atomic mass is 10.4. The van der Waals surface area contributed by atoms with Gasteiger partial charge in [-0.2, -0.15) is 0 Å². The van der Waals surface area contributed by atoms with Crippen LogP contribution in [-0.2, 0) is 0 Å². The van der Waals surface area contributed by atoms with Crippen LogP contribution in [0.2, 0.25) is 0 Å². The molecule has 2 aromatic rings. The van der Waals surface area contributed by atoms with Crippen LogP contribution in [0.15, 0.2) is 18.3 Å². The first kappa shape index (κ1) is 9.85. The van der Waals surface area contributed by atoms with E-state index in [9.17, 15) is 0 Å². The molecular weight excluding hydrogens is 309 g/mol. The third kappa shape index (κ3) is 1.88. The predicted molar refractivity (Wildman–Crippen MR) is 67.2 cm³/mol. The molecule has 3 nitrogen and oxygen atoms in total. The van der Waals surface area contributed by atoms with Crippen LogP contribution in [0, 0.1) is 10.5 Å². The maximum absolute atomic E-state index is 5.71. The third-order valence-electron chi connectivity index (χ3n) is 1.73. The first-order valence-electron chi connectivity index (χ1n) is 4.01. The van der Waals surface area contributed by atoms with Gasteiger partial charge in [-0.1, -0.05) is 0 Å². The number of nitrogens with zero attached hydrogens (tertiary/aromatic N) is 2. The van der Waals surface area contributed by atoms with Gasteiger partial charge in [-0.15, -0.1) is 11.3 Å². The zero-order chi connectivity index (χ0) is 10.1. The molecule has 5 heteroatoms. The van der Waals surface area contributed by atoms with Gasteiger partial charge in [0.05, 0.1) is 8.45 Å². The Bertz CT molecular complexity index is 467. The third-order valence-corrected chi connectivity index (χ3v) is 3.56. The Labute approximate surface area is 99.5 Å². The summed E-state index contributed by atoms with van der Waals surface area (Å²) in [6.07, 6.45) is 1.74. The molecule has 0 aromatic carbocycles. The second kappa shape index (κ2) is 3.82. The minimum Gasteiger partial charge on any atom is -0.383 e. The number of hydrogen-bond acceptors (Lipinski definition) is 4. The summed E-state index contributed by atoms with van der Waals surface area (Å²) in [5, 5.41) is 0. The quantitative estimate of drug-likeness (QED) is 0.823. The number of anilines is 1. The first-order valence-corrected chi connectivity index (χ1v) is 5.91. The summed E-state index contributed by atoms with van der Waals surface area (Å²) in [5.74, 6) is 1.25. The van der Waals surface area contributed by atoms with E-state index >= 15 is 0 Å². The predicted octanol–water partition coefficient (Wildman–Crippen LogP) is 2.70. The lowest BCUT2D eigenvalue weighted by Crippen LogP contribution is -1.97. The molecular formula is C9H8IN3S. The van der Waals surface area contributed by atoms with Gasteiger partial charge in [0, 0.05) is 11.1 Å². The van der Waals surface area contributed by atoms with Crippen LogP contribution in [0.5, 0.6) is 0 Å². The van der Waals surface area contributed by atoms with Crippen LogP contribution in [0.1, 0.15) is 4.88 Å². The maximum Gasteiger partial charge on any atom is 0.171 e. The minimum atomic E-state index is 0.543. The maximum atomic E-state index is 5.71. The number of nitrogens with two attached hydrogens (primary N) is 1. The van der Waals surface area contributed by atoms with Crippen molar-refractivity contribution in [2.24, 2.45) is 0 Å². The molecule has 0 saturated carbocycles. The molecule has 2 rings (SSSR count). The minimum absolute atomic E-state index is 0.543. The fourth-order valence-corrected chi connectivity index (χ4v) is 2.12. The summed E-state index contributed by atoms with van der Waals surface area (Å²) in [7, 11) is 0. The molecule has 0 fully saturated rings. The first-order chi connectivity index (χ1) is 6.66. The number of hydrogen-bond donors (Lipinski definition) is 1. The number of aryl methyl sites for hydroxylation is 1. The highest BCUT2D eigenvalue weighted by atomic mass is 127. The van der Waals surface area contributed by atoms with E-state index in [-0.39, 0.29) is 0 Å². The summed E-state index contributed by atoms with van der Waals surface area (Å²) in [5.41, 5.74) is 5.71. The lowest BCUT2D eigenvalue weighted by molar-refractivity contribution is 1.18. The molecule has 0 aliphatic heterocycles. The smallest absolute Gasteiger partial charge is 0.171 e. The van der Waals surface area contributed by atoms with Crippen LogP contribution < -0.4 is 5.73 Å². The van der Waals surface area contributed by atoms with E-state index in [1.165, 1.54) is 4.88 Å². The Morgan fingerprint density at radius 3 is 2.79 bits per heavy atom. The van der Waals surface area contributed by atoms with Crippen molar-refractivity contribution >= 4 is 39.7 Å². The van der Waals surface area contributed by atoms with Crippen molar-refractivity contribution in [1.29, 1.82) is 0 Å². The Morgan fingerprint density at radius 1 is 1.43 bits per heavy atom. The fraction of sp³-hybridized carbons (Fsp3) is 0.111. The SMILES string of the molecule is Cc1ccc(-c2ncc(I)c(N)n2)s1. The summed E-state index contributed by atoms with van der Waals surface area (Å²) < 4.78 is 0.889. The molecule has 0 spiro atoms. The van der Waals surface area contributed by atoms with Crippen molar-refractivity contribution in [1.82, 2.24) is 9.97 Å². The Hall–Kier alpha value is -0.690. The van der Waals surface area contributed by atoms with Gasteiger partial charge in [0.2, 0.25) is 0 Å². The summed E-state index contributed by atoms with van der Waals surface area (Å²) in [6, 6.07) is 4.07. The van der Waals surface area contributed by atoms with Crippen molar-refractivity contribution in [2.45, 2.75) is 6.92 Å². The molecule has 0 aliphatic carbocycles. The number of thiophene rings is 1. The largest absolute Gasteiger partial charge is 0.383 e. The highest BCUT2D eigenvalue weighted by Crippen LogP contribution is 2.25. The molecule has 0 atom stereocenters. The Morgan fingerprint density at radius 2 is 2.21 bits per heavy atom. The lowest BCUT2D eigenvalue weighted by Gasteiger charge is -1.99. The average Bonchev–Trinajstić information content (AvgIpc) is 2.57.